The highest BCUT2D eigenvalue weighted by Crippen LogP contribution is 2.32. The van der Waals surface area contributed by atoms with Gasteiger partial charge in [0.25, 0.3) is 0 Å². The van der Waals surface area contributed by atoms with Gasteiger partial charge < -0.3 is 5.32 Å². The Morgan fingerprint density at radius 2 is 1.95 bits per heavy atom. The highest BCUT2D eigenvalue weighted by atomic mass is 32.2. The molecule has 0 spiro atoms. The number of anilines is 1. The van der Waals surface area contributed by atoms with E-state index in [-0.39, 0.29) is 11.3 Å². The van der Waals surface area contributed by atoms with Crippen LogP contribution in [0.5, 0.6) is 0 Å². The van der Waals surface area contributed by atoms with E-state index in [1.807, 2.05) is 13.0 Å². The summed E-state index contributed by atoms with van der Waals surface area (Å²) in [6.07, 6.45) is 5.01. The normalized spacial score (nSPS) is 21.9. The number of nitrogens with zero attached hydrogens (tertiary/aromatic N) is 3. The van der Waals surface area contributed by atoms with Gasteiger partial charge in [-0.1, -0.05) is 0 Å². The molecule has 2 fully saturated rings. The molecule has 20 heavy (non-hydrogen) atoms. The Morgan fingerprint density at radius 3 is 2.55 bits per heavy atom. The Morgan fingerprint density at radius 1 is 1.25 bits per heavy atom. The molecule has 1 aromatic rings. The first-order valence-electron chi connectivity index (χ1n) is 7.11. The van der Waals surface area contributed by atoms with Crippen LogP contribution < -0.4 is 5.32 Å². The second-order valence-electron chi connectivity index (χ2n) is 5.58. The highest BCUT2D eigenvalue weighted by molar-refractivity contribution is 7.90. The molecule has 2 heterocycles. The van der Waals surface area contributed by atoms with Gasteiger partial charge in [-0.25, -0.2) is 22.7 Å². The predicted molar refractivity (Wildman–Crippen MR) is 76.9 cm³/mol. The standard InChI is InChI=1S/C13H20N4O2S/c1-10-4-7-14-13(15-10)16-11-5-8-17(9-6-11)20(18,19)12-2-3-12/h4,7,11-12H,2-3,5-6,8-9H2,1H3,(H,14,15,16). The van der Waals surface area contributed by atoms with E-state index in [4.69, 9.17) is 0 Å². The van der Waals surface area contributed by atoms with E-state index >= 15 is 0 Å². The van der Waals surface area contributed by atoms with Crippen LogP contribution in [0.1, 0.15) is 31.4 Å². The molecule has 1 N–H and O–H groups in total. The van der Waals surface area contributed by atoms with Gasteiger partial charge in [0.15, 0.2) is 0 Å². The molecular formula is C13H20N4O2S. The van der Waals surface area contributed by atoms with E-state index < -0.39 is 10.0 Å². The topological polar surface area (TPSA) is 75.2 Å². The molecule has 7 heteroatoms. The summed E-state index contributed by atoms with van der Waals surface area (Å²) in [5.74, 6) is 0.633. The molecule has 1 saturated heterocycles. The van der Waals surface area contributed by atoms with Crippen LogP contribution in [0.3, 0.4) is 0 Å². The van der Waals surface area contributed by atoms with Gasteiger partial charge in [-0.2, -0.15) is 0 Å². The van der Waals surface area contributed by atoms with Gasteiger partial charge >= 0.3 is 0 Å². The Bertz CT molecular complexity index is 578. The molecule has 1 aliphatic heterocycles. The molecule has 3 rings (SSSR count). The largest absolute Gasteiger partial charge is 0.351 e. The first kappa shape index (κ1) is 13.8. The third-order valence-corrected chi connectivity index (χ3v) is 6.29. The van der Waals surface area contributed by atoms with Gasteiger partial charge in [0.05, 0.1) is 5.25 Å². The fraction of sp³-hybridized carbons (Fsp3) is 0.692. The Kier molecular flexibility index (Phi) is 3.64. The van der Waals surface area contributed by atoms with Crippen molar-refractivity contribution in [3.63, 3.8) is 0 Å². The average molecular weight is 296 g/mol. The number of aromatic nitrogens is 2. The van der Waals surface area contributed by atoms with Crippen LogP contribution in [-0.4, -0.2) is 47.1 Å². The third-order valence-electron chi connectivity index (χ3n) is 3.89. The fourth-order valence-corrected chi connectivity index (χ4v) is 4.41. The summed E-state index contributed by atoms with van der Waals surface area (Å²) in [6, 6.07) is 2.11. The minimum Gasteiger partial charge on any atom is -0.351 e. The van der Waals surface area contributed by atoms with Crippen molar-refractivity contribution >= 4 is 16.0 Å². The van der Waals surface area contributed by atoms with Crippen LogP contribution in [0.25, 0.3) is 0 Å². The summed E-state index contributed by atoms with van der Waals surface area (Å²) in [5.41, 5.74) is 0.927. The van der Waals surface area contributed by atoms with Gasteiger partial charge in [-0.15, -0.1) is 0 Å². The maximum atomic E-state index is 12.1. The fourth-order valence-electron chi connectivity index (χ4n) is 2.53. The monoisotopic (exact) mass is 296 g/mol. The molecule has 0 atom stereocenters. The molecule has 0 bridgehead atoms. The molecule has 0 aromatic carbocycles. The lowest BCUT2D eigenvalue weighted by atomic mass is 10.1. The first-order valence-corrected chi connectivity index (χ1v) is 8.61. The van der Waals surface area contributed by atoms with Crippen LogP contribution in [0, 0.1) is 6.92 Å². The summed E-state index contributed by atoms with van der Waals surface area (Å²) in [6.45, 7) is 3.13. The number of piperidine rings is 1. The number of rotatable bonds is 4. The summed E-state index contributed by atoms with van der Waals surface area (Å²) < 4.78 is 25.9. The summed E-state index contributed by atoms with van der Waals surface area (Å²) >= 11 is 0. The molecule has 110 valence electrons. The smallest absolute Gasteiger partial charge is 0.223 e. The first-order chi connectivity index (χ1) is 9.55. The lowest BCUT2D eigenvalue weighted by Crippen LogP contribution is -2.43. The van der Waals surface area contributed by atoms with Crippen molar-refractivity contribution in [2.45, 2.75) is 43.9 Å². The maximum absolute atomic E-state index is 12.1. The van der Waals surface area contributed by atoms with E-state index in [0.717, 1.165) is 31.4 Å². The number of sulfonamides is 1. The van der Waals surface area contributed by atoms with E-state index in [1.165, 1.54) is 0 Å². The van der Waals surface area contributed by atoms with Crippen molar-refractivity contribution in [2.75, 3.05) is 18.4 Å². The maximum Gasteiger partial charge on any atom is 0.223 e. The minimum atomic E-state index is -3.02. The molecule has 0 amide bonds. The number of nitrogens with one attached hydrogen (secondary N) is 1. The lowest BCUT2D eigenvalue weighted by Gasteiger charge is -2.31. The van der Waals surface area contributed by atoms with Crippen LogP contribution in [0.4, 0.5) is 5.95 Å². The van der Waals surface area contributed by atoms with Gasteiger partial charge in [0.1, 0.15) is 0 Å². The molecular weight excluding hydrogens is 276 g/mol. The quantitative estimate of drug-likeness (QED) is 0.902. The Labute approximate surface area is 119 Å². The number of aryl methyl sites for hydroxylation is 1. The molecule has 0 unspecified atom stereocenters. The molecule has 1 saturated carbocycles. The van der Waals surface area contributed by atoms with E-state index in [2.05, 4.69) is 15.3 Å². The van der Waals surface area contributed by atoms with Crippen LogP contribution in [0.2, 0.25) is 0 Å². The summed E-state index contributed by atoms with van der Waals surface area (Å²) in [5, 5.41) is 3.19. The van der Waals surface area contributed by atoms with E-state index in [1.54, 1.807) is 10.5 Å². The SMILES string of the molecule is Cc1ccnc(NC2CCN(S(=O)(=O)C3CC3)CC2)n1. The summed E-state index contributed by atoms with van der Waals surface area (Å²) in [7, 11) is -3.02. The summed E-state index contributed by atoms with van der Waals surface area (Å²) in [4.78, 5) is 8.50. The molecule has 1 aromatic heterocycles. The van der Waals surface area contributed by atoms with Gasteiger partial charge in [0, 0.05) is 31.0 Å². The van der Waals surface area contributed by atoms with Crippen molar-refractivity contribution in [3.05, 3.63) is 18.0 Å². The van der Waals surface area contributed by atoms with Crippen LogP contribution >= 0.6 is 0 Å². The Balaban J connectivity index is 1.56. The second kappa shape index (κ2) is 5.29. The van der Waals surface area contributed by atoms with Crippen molar-refractivity contribution in [2.24, 2.45) is 0 Å². The molecule has 1 aliphatic carbocycles. The van der Waals surface area contributed by atoms with E-state index in [0.29, 0.717) is 19.0 Å². The lowest BCUT2D eigenvalue weighted by molar-refractivity contribution is 0.328. The molecule has 6 nitrogen and oxygen atoms in total. The van der Waals surface area contributed by atoms with Crippen molar-refractivity contribution in [1.82, 2.24) is 14.3 Å². The molecule has 2 aliphatic rings. The van der Waals surface area contributed by atoms with Gasteiger partial charge in [-0.05, 0) is 38.7 Å². The van der Waals surface area contributed by atoms with Crippen molar-refractivity contribution in [1.29, 1.82) is 0 Å². The number of hydrogen-bond donors (Lipinski definition) is 1. The van der Waals surface area contributed by atoms with E-state index in [9.17, 15) is 8.42 Å². The van der Waals surface area contributed by atoms with Gasteiger partial charge in [0.2, 0.25) is 16.0 Å². The molecule has 0 radical (unpaired) electrons. The zero-order valence-electron chi connectivity index (χ0n) is 11.6. The van der Waals surface area contributed by atoms with Crippen LogP contribution in [0.15, 0.2) is 12.3 Å². The zero-order valence-corrected chi connectivity index (χ0v) is 12.4. The zero-order chi connectivity index (χ0) is 14.2. The predicted octanol–water partition coefficient (Wildman–Crippen LogP) is 1.15. The van der Waals surface area contributed by atoms with Crippen molar-refractivity contribution < 1.29 is 8.42 Å². The van der Waals surface area contributed by atoms with Crippen LogP contribution in [-0.2, 0) is 10.0 Å². The highest BCUT2D eigenvalue weighted by Gasteiger charge is 2.41. The average Bonchev–Trinajstić information content (AvgIpc) is 3.24. The minimum absolute atomic E-state index is 0.105. The van der Waals surface area contributed by atoms with Crippen molar-refractivity contribution in [3.8, 4) is 0 Å². The third kappa shape index (κ3) is 2.93. The second-order valence-corrected chi connectivity index (χ2v) is 7.80. The Hall–Kier alpha value is -1.21. The van der Waals surface area contributed by atoms with Gasteiger partial charge in [-0.3, -0.25) is 0 Å². The number of hydrogen-bond acceptors (Lipinski definition) is 5.